The summed E-state index contributed by atoms with van der Waals surface area (Å²) in [6, 6.07) is 9.40. The third kappa shape index (κ3) is 5.24. The number of aromatic nitrogens is 3. The van der Waals surface area contributed by atoms with Crippen molar-refractivity contribution in [3.8, 4) is 29.0 Å². The Kier molecular flexibility index (Phi) is 6.49. The SMILES string of the molecule is O=C(O)O[C@H]1CCCN1C(=O)COc1ccc(-c2nc3cnc(Oc4ccccc4F)nc3o2)c(F)c1. The smallest absolute Gasteiger partial charge is 0.484 e. The van der Waals surface area contributed by atoms with Gasteiger partial charge in [0.25, 0.3) is 11.6 Å². The van der Waals surface area contributed by atoms with Crippen molar-refractivity contribution in [2.45, 2.75) is 19.1 Å². The monoisotopic (exact) mass is 512 g/mol. The van der Waals surface area contributed by atoms with Crippen LogP contribution in [0.3, 0.4) is 0 Å². The fourth-order valence-corrected chi connectivity index (χ4v) is 3.76. The fourth-order valence-electron chi connectivity index (χ4n) is 3.76. The van der Waals surface area contributed by atoms with Gasteiger partial charge in [-0.25, -0.2) is 23.5 Å². The number of nitrogens with zero attached hydrogens (tertiary/aromatic N) is 4. The first-order valence-electron chi connectivity index (χ1n) is 11.0. The molecule has 1 saturated heterocycles. The summed E-state index contributed by atoms with van der Waals surface area (Å²) in [7, 11) is 0. The van der Waals surface area contributed by atoms with Crippen LogP contribution in [0.25, 0.3) is 22.7 Å². The van der Waals surface area contributed by atoms with Crippen LogP contribution in [0.4, 0.5) is 13.6 Å². The molecule has 13 heteroatoms. The van der Waals surface area contributed by atoms with E-state index in [9.17, 15) is 18.4 Å². The van der Waals surface area contributed by atoms with Crippen LogP contribution in [0.1, 0.15) is 12.8 Å². The number of carbonyl (C=O) groups is 2. The zero-order valence-corrected chi connectivity index (χ0v) is 19.0. The number of fused-ring (bicyclic) bond motifs is 1. The van der Waals surface area contributed by atoms with Crippen LogP contribution >= 0.6 is 0 Å². The summed E-state index contributed by atoms with van der Waals surface area (Å²) >= 11 is 0. The molecule has 2 aromatic heterocycles. The van der Waals surface area contributed by atoms with Crippen LogP contribution < -0.4 is 9.47 Å². The molecule has 0 radical (unpaired) electrons. The van der Waals surface area contributed by atoms with Crippen molar-refractivity contribution in [3.05, 3.63) is 60.3 Å². The molecule has 1 aliphatic rings. The molecule has 0 bridgehead atoms. The van der Waals surface area contributed by atoms with E-state index in [1.165, 1.54) is 41.4 Å². The van der Waals surface area contributed by atoms with Crippen molar-refractivity contribution >= 4 is 23.3 Å². The van der Waals surface area contributed by atoms with Gasteiger partial charge in [-0.3, -0.25) is 4.79 Å². The number of amides is 1. The fraction of sp³-hybridized carbons (Fsp3) is 0.208. The summed E-state index contributed by atoms with van der Waals surface area (Å²) in [6.45, 7) is -0.0946. The number of hydrogen-bond donors (Lipinski definition) is 1. The van der Waals surface area contributed by atoms with Crippen LogP contribution in [0, 0.1) is 11.6 Å². The molecule has 2 aromatic carbocycles. The summed E-state index contributed by atoms with van der Waals surface area (Å²) in [5, 5.41) is 8.79. The quantitative estimate of drug-likeness (QED) is 0.355. The number of oxazole rings is 1. The minimum absolute atomic E-state index is 0.00251. The number of carboxylic acid groups (broad SMARTS) is 1. The van der Waals surface area contributed by atoms with Gasteiger partial charge in [-0.1, -0.05) is 12.1 Å². The van der Waals surface area contributed by atoms with Crippen molar-refractivity contribution in [3.63, 3.8) is 0 Å². The molecule has 0 aliphatic carbocycles. The average Bonchev–Trinajstić information content (AvgIpc) is 3.50. The maximum atomic E-state index is 14.8. The molecule has 0 spiro atoms. The molecule has 1 N–H and O–H groups in total. The van der Waals surface area contributed by atoms with Gasteiger partial charge in [0.05, 0.1) is 11.8 Å². The maximum absolute atomic E-state index is 14.8. The largest absolute Gasteiger partial charge is 0.507 e. The molecule has 37 heavy (non-hydrogen) atoms. The number of halogens is 2. The van der Waals surface area contributed by atoms with E-state index in [1.54, 1.807) is 6.07 Å². The molecule has 0 unspecified atom stereocenters. The minimum atomic E-state index is -1.47. The number of carbonyl (C=O) groups excluding carboxylic acids is 1. The molecular formula is C24H18F2N4O7. The van der Waals surface area contributed by atoms with Crippen molar-refractivity contribution in [1.82, 2.24) is 19.9 Å². The second-order valence-electron chi connectivity index (χ2n) is 7.89. The number of rotatable bonds is 7. The second-order valence-corrected chi connectivity index (χ2v) is 7.89. The van der Waals surface area contributed by atoms with Gasteiger partial charge < -0.3 is 28.6 Å². The molecule has 4 aromatic rings. The normalized spacial score (nSPS) is 15.1. The van der Waals surface area contributed by atoms with E-state index in [0.717, 1.165) is 6.07 Å². The first-order valence-corrected chi connectivity index (χ1v) is 11.0. The van der Waals surface area contributed by atoms with E-state index >= 15 is 0 Å². The van der Waals surface area contributed by atoms with E-state index in [4.69, 9.17) is 23.7 Å². The van der Waals surface area contributed by atoms with Crippen molar-refractivity contribution < 1.29 is 42.1 Å². The molecule has 1 atom stereocenters. The number of para-hydroxylation sites is 1. The number of hydrogen-bond acceptors (Lipinski definition) is 9. The Balaban J connectivity index is 1.27. The first-order chi connectivity index (χ1) is 17.9. The molecule has 1 aliphatic heterocycles. The molecule has 11 nitrogen and oxygen atoms in total. The topological polar surface area (TPSA) is 137 Å². The predicted octanol–water partition coefficient (Wildman–Crippen LogP) is 4.38. The lowest BCUT2D eigenvalue weighted by Crippen LogP contribution is -2.40. The standard InChI is InChI=1S/C24H18F2N4O7/c25-15-4-1-2-5-18(15)35-23-27-11-17-22(29-23)37-21(28-17)14-8-7-13(10-16(14)26)34-12-19(31)30-9-3-6-20(30)36-24(32)33/h1-2,4-5,7-8,10-11,20H,3,6,9,12H2,(H,32,33)/t20-/m0/s1. The first kappa shape index (κ1) is 23.9. The number of likely N-dealkylation sites (tertiary alicyclic amines) is 1. The van der Waals surface area contributed by atoms with Crippen LogP contribution in [-0.2, 0) is 9.53 Å². The highest BCUT2D eigenvalue weighted by Crippen LogP contribution is 2.29. The Morgan fingerprint density at radius 1 is 1.14 bits per heavy atom. The van der Waals surface area contributed by atoms with Gasteiger partial charge in [0.15, 0.2) is 24.4 Å². The summed E-state index contributed by atoms with van der Waals surface area (Å²) in [6.07, 6.45) is -0.0485. The summed E-state index contributed by atoms with van der Waals surface area (Å²) in [5.41, 5.74) is 0.234. The van der Waals surface area contributed by atoms with Crippen LogP contribution in [-0.4, -0.2) is 56.4 Å². The lowest BCUT2D eigenvalue weighted by atomic mass is 10.2. The zero-order chi connectivity index (χ0) is 25.9. The third-order valence-corrected chi connectivity index (χ3v) is 5.46. The highest BCUT2D eigenvalue weighted by molar-refractivity contribution is 5.78. The molecular weight excluding hydrogens is 494 g/mol. The van der Waals surface area contributed by atoms with Crippen molar-refractivity contribution in [2.24, 2.45) is 0 Å². The van der Waals surface area contributed by atoms with Crippen LogP contribution in [0.5, 0.6) is 17.5 Å². The minimum Gasteiger partial charge on any atom is -0.484 e. The highest BCUT2D eigenvalue weighted by Gasteiger charge is 2.32. The van der Waals surface area contributed by atoms with Crippen LogP contribution in [0.2, 0.25) is 0 Å². The lowest BCUT2D eigenvalue weighted by molar-refractivity contribution is -0.141. The van der Waals surface area contributed by atoms with E-state index in [-0.39, 0.29) is 40.2 Å². The Labute approximate surface area is 207 Å². The molecule has 3 heterocycles. The Bertz CT molecular complexity index is 1480. The van der Waals surface area contributed by atoms with Gasteiger partial charge in [-0.2, -0.15) is 4.98 Å². The van der Waals surface area contributed by atoms with E-state index in [2.05, 4.69) is 15.0 Å². The Hall–Kier alpha value is -4.81. The average molecular weight is 512 g/mol. The molecule has 190 valence electrons. The summed E-state index contributed by atoms with van der Waals surface area (Å²) in [4.78, 5) is 36.6. The van der Waals surface area contributed by atoms with E-state index in [0.29, 0.717) is 19.4 Å². The maximum Gasteiger partial charge on any atom is 0.507 e. The van der Waals surface area contributed by atoms with Gasteiger partial charge >= 0.3 is 12.2 Å². The highest BCUT2D eigenvalue weighted by atomic mass is 19.1. The van der Waals surface area contributed by atoms with E-state index in [1.807, 2.05) is 0 Å². The number of ether oxygens (including phenoxy) is 3. The number of benzene rings is 2. The Morgan fingerprint density at radius 2 is 1.97 bits per heavy atom. The lowest BCUT2D eigenvalue weighted by Gasteiger charge is -2.23. The van der Waals surface area contributed by atoms with Gasteiger partial charge in [0.2, 0.25) is 5.89 Å². The van der Waals surface area contributed by atoms with Gasteiger partial charge in [-0.15, -0.1) is 0 Å². The van der Waals surface area contributed by atoms with Gasteiger partial charge in [0, 0.05) is 19.0 Å². The molecule has 1 fully saturated rings. The predicted molar refractivity (Wildman–Crippen MR) is 121 cm³/mol. The Morgan fingerprint density at radius 3 is 2.76 bits per heavy atom. The van der Waals surface area contributed by atoms with Crippen molar-refractivity contribution in [1.29, 1.82) is 0 Å². The van der Waals surface area contributed by atoms with Crippen LogP contribution in [0.15, 0.2) is 53.1 Å². The van der Waals surface area contributed by atoms with Gasteiger partial charge in [0.1, 0.15) is 17.1 Å². The zero-order valence-electron chi connectivity index (χ0n) is 19.0. The third-order valence-electron chi connectivity index (χ3n) is 5.46. The molecule has 5 rings (SSSR count). The van der Waals surface area contributed by atoms with Gasteiger partial charge in [-0.05, 0) is 30.7 Å². The summed E-state index contributed by atoms with van der Waals surface area (Å²) < 4.78 is 49.6. The van der Waals surface area contributed by atoms with E-state index < -0.39 is 36.5 Å². The second kappa shape index (κ2) is 10.0. The summed E-state index contributed by atoms with van der Waals surface area (Å²) in [5.74, 6) is -1.90. The molecule has 0 saturated carbocycles. The van der Waals surface area contributed by atoms with Crippen molar-refractivity contribution in [2.75, 3.05) is 13.2 Å². The molecule has 1 amide bonds.